The summed E-state index contributed by atoms with van der Waals surface area (Å²) in [5.41, 5.74) is 0.206. The molecule has 0 radical (unpaired) electrons. The van der Waals surface area contributed by atoms with Crippen LogP contribution in [0, 0.1) is 0 Å². The highest BCUT2D eigenvalue weighted by Crippen LogP contribution is 2.30. The summed E-state index contributed by atoms with van der Waals surface area (Å²) in [6, 6.07) is 9.74. The van der Waals surface area contributed by atoms with Crippen molar-refractivity contribution in [1.29, 1.82) is 0 Å². The molecule has 1 atom stereocenters. The predicted octanol–water partition coefficient (Wildman–Crippen LogP) is 3.33. The third-order valence-electron chi connectivity index (χ3n) is 2.84. The van der Waals surface area contributed by atoms with E-state index in [1.165, 1.54) is 13.0 Å². The molecule has 0 spiro atoms. The van der Waals surface area contributed by atoms with Crippen LogP contribution in [-0.4, -0.2) is 11.5 Å². The first kappa shape index (κ1) is 10.8. The summed E-state index contributed by atoms with van der Waals surface area (Å²) in [7, 11) is 0. The van der Waals surface area contributed by atoms with Crippen molar-refractivity contribution >= 4 is 11.4 Å². The third-order valence-corrected chi connectivity index (χ3v) is 2.84. The SMILES string of the molecule is CC(=O)C1(F)C=CC(c2ccccc2)=CC1. The normalized spacial score (nSPS) is 24.0. The van der Waals surface area contributed by atoms with Gasteiger partial charge in [-0.25, -0.2) is 4.39 Å². The maximum Gasteiger partial charge on any atom is 0.190 e. The number of hydrogen-bond donors (Lipinski definition) is 0. The Morgan fingerprint density at radius 1 is 1.31 bits per heavy atom. The van der Waals surface area contributed by atoms with E-state index < -0.39 is 11.5 Å². The van der Waals surface area contributed by atoms with Gasteiger partial charge in [0.1, 0.15) is 0 Å². The Bertz CT molecular complexity index is 459. The molecule has 0 aromatic heterocycles. The average molecular weight is 216 g/mol. The van der Waals surface area contributed by atoms with Gasteiger partial charge < -0.3 is 0 Å². The summed E-state index contributed by atoms with van der Waals surface area (Å²) in [6.45, 7) is 1.28. The molecule has 82 valence electrons. The molecule has 1 aromatic rings. The lowest BCUT2D eigenvalue weighted by Crippen LogP contribution is -2.29. The van der Waals surface area contributed by atoms with Crippen molar-refractivity contribution in [2.45, 2.75) is 19.0 Å². The van der Waals surface area contributed by atoms with Crippen LogP contribution in [0.2, 0.25) is 0 Å². The molecule has 1 unspecified atom stereocenters. The van der Waals surface area contributed by atoms with Crippen LogP contribution in [0.25, 0.3) is 5.57 Å². The van der Waals surface area contributed by atoms with Gasteiger partial charge in [0.25, 0.3) is 0 Å². The maximum absolute atomic E-state index is 13.9. The molecule has 1 aromatic carbocycles. The van der Waals surface area contributed by atoms with Crippen LogP contribution in [0.1, 0.15) is 18.9 Å². The summed E-state index contributed by atoms with van der Waals surface area (Å²) in [4.78, 5) is 11.1. The zero-order valence-corrected chi connectivity index (χ0v) is 9.11. The zero-order chi connectivity index (χ0) is 11.6. The van der Waals surface area contributed by atoms with Gasteiger partial charge in [-0.1, -0.05) is 42.5 Å². The van der Waals surface area contributed by atoms with Crippen molar-refractivity contribution in [1.82, 2.24) is 0 Å². The molecule has 0 saturated heterocycles. The Morgan fingerprint density at radius 3 is 2.50 bits per heavy atom. The number of carbonyl (C=O) groups is 1. The number of ketones is 1. The summed E-state index contributed by atoms with van der Waals surface area (Å²) < 4.78 is 13.9. The fraction of sp³-hybridized carbons (Fsp3) is 0.214. The zero-order valence-electron chi connectivity index (χ0n) is 9.11. The molecule has 0 heterocycles. The highest BCUT2D eigenvalue weighted by atomic mass is 19.1. The van der Waals surface area contributed by atoms with E-state index in [0.717, 1.165) is 11.1 Å². The van der Waals surface area contributed by atoms with Gasteiger partial charge in [-0.2, -0.15) is 0 Å². The molecule has 0 saturated carbocycles. The summed E-state index contributed by atoms with van der Waals surface area (Å²) >= 11 is 0. The van der Waals surface area contributed by atoms with E-state index in [1.54, 1.807) is 12.2 Å². The van der Waals surface area contributed by atoms with Crippen LogP contribution < -0.4 is 0 Å². The molecular weight excluding hydrogens is 203 g/mol. The van der Waals surface area contributed by atoms with Crippen molar-refractivity contribution in [2.75, 3.05) is 0 Å². The van der Waals surface area contributed by atoms with Crippen LogP contribution in [-0.2, 0) is 4.79 Å². The quantitative estimate of drug-likeness (QED) is 0.741. The van der Waals surface area contributed by atoms with E-state index in [1.807, 2.05) is 30.3 Å². The van der Waals surface area contributed by atoms with Gasteiger partial charge in [0.05, 0.1) is 0 Å². The number of benzene rings is 1. The Balaban J connectivity index is 2.23. The number of alkyl halides is 1. The van der Waals surface area contributed by atoms with E-state index >= 15 is 0 Å². The van der Waals surface area contributed by atoms with E-state index in [-0.39, 0.29) is 6.42 Å². The monoisotopic (exact) mass is 216 g/mol. The Labute approximate surface area is 94.3 Å². The maximum atomic E-state index is 13.9. The fourth-order valence-electron chi connectivity index (χ4n) is 1.72. The molecule has 0 aliphatic heterocycles. The summed E-state index contributed by atoms with van der Waals surface area (Å²) in [6.07, 6.45) is 4.94. The van der Waals surface area contributed by atoms with Crippen LogP contribution in [0.3, 0.4) is 0 Å². The third kappa shape index (κ3) is 1.96. The lowest BCUT2D eigenvalue weighted by molar-refractivity contribution is -0.125. The second-order valence-electron chi connectivity index (χ2n) is 3.98. The lowest BCUT2D eigenvalue weighted by atomic mass is 9.88. The summed E-state index contributed by atoms with van der Waals surface area (Å²) in [5, 5.41) is 0. The van der Waals surface area contributed by atoms with E-state index in [2.05, 4.69) is 0 Å². The highest BCUT2D eigenvalue weighted by Gasteiger charge is 2.32. The molecule has 0 fully saturated rings. The minimum atomic E-state index is -1.81. The average Bonchev–Trinajstić information content (AvgIpc) is 2.31. The Kier molecular flexibility index (Phi) is 2.73. The van der Waals surface area contributed by atoms with Crippen molar-refractivity contribution in [2.24, 2.45) is 0 Å². The first-order valence-corrected chi connectivity index (χ1v) is 5.26. The number of carbonyl (C=O) groups excluding carboxylic acids is 1. The first-order valence-electron chi connectivity index (χ1n) is 5.26. The van der Waals surface area contributed by atoms with Crippen molar-refractivity contribution in [3.63, 3.8) is 0 Å². The van der Waals surface area contributed by atoms with Gasteiger partial charge >= 0.3 is 0 Å². The first-order chi connectivity index (χ1) is 7.62. The molecule has 0 bridgehead atoms. The number of rotatable bonds is 2. The number of halogens is 1. The van der Waals surface area contributed by atoms with Crippen molar-refractivity contribution < 1.29 is 9.18 Å². The van der Waals surface area contributed by atoms with Gasteiger partial charge in [0.2, 0.25) is 0 Å². The number of hydrogen-bond acceptors (Lipinski definition) is 1. The van der Waals surface area contributed by atoms with E-state index in [9.17, 15) is 9.18 Å². The highest BCUT2D eigenvalue weighted by molar-refractivity contribution is 5.90. The number of Topliss-reactive ketones (excluding diaryl/α,β-unsaturated/α-hetero) is 1. The second kappa shape index (κ2) is 4.05. The molecule has 2 rings (SSSR count). The molecule has 0 N–H and O–H groups in total. The molecule has 16 heavy (non-hydrogen) atoms. The van der Waals surface area contributed by atoms with Gasteiger partial charge in [-0.15, -0.1) is 0 Å². The van der Waals surface area contributed by atoms with Crippen LogP contribution in [0.15, 0.2) is 48.6 Å². The van der Waals surface area contributed by atoms with Gasteiger partial charge in [0.15, 0.2) is 11.5 Å². The van der Waals surface area contributed by atoms with Crippen LogP contribution in [0.5, 0.6) is 0 Å². The molecular formula is C14H13FO. The van der Waals surface area contributed by atoms with Gasteiger partial charge in [-0.05, 0) is 24.1 Å². The van der Waals surface area contributed by atoms with Crippen LogP contribution >= 0.6 is 0 Å². The standard InChI is InChI=1S/C14H13FO/c1-11(16)14(15)9-7-13(8-10-14)12-5-3-2-4-6-12/h2-9H,10H2,1H3. The van der Waals surface area contributed by atoms with Gasteiger partial charge in [0, 0.05) is 6.42 Å². The predicted molar refractivity (Wildman–Crippen MR) is 62.7 cm³/mol. The smallest absolute Gasteiger partial charge is 0.190 e. The fourth-order valence-corrected chi connectivity index (χ4v) is 1.72. The minimum absolute atomic E-state index is 0.128. The summed E-state index contributed by atoms with van der Waals surface area (Å²) in [5.74, 6) is -0.438. The largest absolute Gasteiger partial charge is 0.296 e. The molecule has 0 amide bonds. The molecule has 1 nitrogen and oxygen atoms in total. The Morgan fingerprint density at radius 2 is 2.00 bits per heavy atom. The van der Waals surface area contributed by atoms with Crippen molar-refractivity contribution in [3.05, 3.63) is 54.1 Å². The minimum Gasteiger partial charge on any atom is -0.296 e. The van der Waals surface area contributed by atoms with E-state index in [4.69, 9.17) is 0 Å². The molecule has 1 aliphatic carbocycles. The van der Waals surface area contributed by atoms with Crippen LogP contribution in [0.4, 0.5) is 4.39 Å². The van der Waals surface area contributed by atoms with Crippen molar-refractivity contribution in [3.8, 4) is 0 Å². The molecule has 1 aliphatic rings. The van der Waals surface area contributed by atoms with Gasteiger partial charge in [-0.3, -0.25) is 4.79 Å². The van der Waals surface area contributed by atoms with E-state index in [0.29, 0.717) is 0 Å². The lowest BCUT2D eigenvalue weighted by Gasteiger charge is -2.20. The second-order valence-corrected chi connectivity index (χ2v) is 3.98. The topological polar surface area (TPSA) is 17.1 Å². The Hall–Kier alpha value is -1.70. The number of allylic oxidation sites excluding steroid dienone is 4. The molecule has 2 heteroatoms.